The van der Waals surface area contributed by atoms with Crippen LogP contribution in [0.5, 0.6) is 0 Å². The number of piperidine rings is 1. The summed E-state index contributed by atoms with van der Waals surface area (Å²) in [5, 5.41) is 3.99. The van der Waals surface area contributed by atoms with Gasteiger partial charge in [0, 0.05) is 30.6 Å². The van der Waals surface area contributed by atoms with E-state index in [1.165, 1.54) is 0 Å². The maximum Gasteiger partial charge on any atom is 0.243 e. The van der Waals surface area contributed by atoms with Gasteiger partial charge >= 0.3 is 0 Å². The molecule has 3 heterocycles. The molecule has 2 fully saturated rings. The molecule has 2 aromatic rings. The molecule has 150 valence electrons. The normalized spacial score (nSPS) is 20.2. The predicted molar refractivity (Wildman–Crippen MR) is 103 cm³/mol. The van der Waals surface area contributed by atoms with E-state index in [1.807, 2.05) is 18.7 Å². The predicted octanol–water partition coefficient (Wildman–Crippen LogP) is 2.64. The van der Waals surface area contributed by atoms with Crippen LogP contribution in [-0.4, -0.2) is 47.3 Å². The number of carbonyl (C=O) groups excluding carboxylic acids is 1. The molecular weight excluding hydrogens is 378 g/mol. The number of rotatable bonds is 4. The molecule has 2 saturated heterocycles. The van der Waals surface area contributed by atoms with E-state index < -0.39 is 10.0 Å². The van der Waals surface area contributed by atoms with Crippen LogP contribution in [0, 0.1) is 13.8 Å². The first-order valence-corrected chi connectivity index (χ1v) is 11.0. The Morgan fingerprint density at radius 1 is 1.11 bits per heavy atom. The maximum absolute atomic E-state index is 12.9. The van der Waals surface area contributed by atoms with E-state index in [-0.39, 0.29) is 11.4 Å². The number of sulfonamides is 1. The molecule has 0 aliphatic carbocycles. The van der Waals surface area contributed by atoms with Gasteiger partial charge in [0.25, 0.3) is 0 Å². The Balaban J connectivity index is 1.53. The van der Waals surface area contributed by atoms with Crippen LogP contribution in [0.4, 0.5) is 0 Å². The van der Waals surface area contributed by atoms with Crippen LogP contribution in [0.25, 0.3) is 0 Å². The highest BCUT2D eigenvalue weighted by Crippen LogP contribution is 2.41. The average molecular weight is 404 g/mol. The Hall–Kier alpha value is -2.19. The molecule has 2 aliphatic rings. The molecule has 2 aliphatic heterocycles. The molecule has 0 bridgehead atoms. The zero-order valence-corrected chi connectivity index (χ0v) is 17.0. The second kappa shape index (κ2) is 7.00. The Labute approximate surface area is 165 Å². The zero-order valence-electron chi connectivity index (χ0n) is 16.2. The van der Waals surface area contributed by atoms with Crippen molar-refractivity contribution in [2.75, 3.05) is 13.1 Å². The Morgan fingerprint density at radius 3 is 2.39 bits per heavy atom. The van der Waals surface area contributed by atoms with Crippen LogP contribution in [0.15, 0.2) is 39.8 Å². The van der Waals surface area contributed by atoms with Gasteiger partial charge in [-0.15, -0.1) is 0 Å². The van der Waals surface area contributed by atoms with Crippen molar-refractivity contribution >= 4 is 15.9 Å². The van der Waals surface area contributed by atoms with Gasteiger partial charge in [-0.2, -0.15) is 4.31 Å². The molecule has 0 atom stereocenters. The standard InChI is InChI=1S/C20H25N3O4S/c1-15-18(16(2)27-21-15)14-23-19(24)8-9-20(23)10-12-22(13-11-20)28(25,26)17-6-4-3-5-7-17/h3-7H,8-14H2,1-2H3. The lowest BCUT2D eigenvalue weighted by atomic mass is 9.85. The van der Waals surface area contributed by atoms with Gasteiger partial charge in [0.2, 0.25) is 15.9 Å². The van der Waals surface area contributed by atoms with Gasteiger partial charge in [-0.1, -0.05) is 23.4 Å². The summed E-state index contributed by atoms with van der Waals surface area (Å²) in [6.07, 6.45) is 2.58. The van der Waals surface area contributed by atoms with Crippen molar-refractivity contribution in [3.8, 4) is 0 Å². The fourth-order valence-electron chi connectivity index (χ4n) is 4.42. The molecule has 1 aromatic heterocycles. The summed E-state index contributed by atoms with van der Waals surface area (Å²) in [4.78, 5) is 14.9. The van der Waals surface area contributed by atoms with Gasteiger partial charge in [-0.05, 0) is 45.2 Å². The molecule has 0 unspecified atom stereocenters. The van der Waals surface area contributed by atoms with Crippen molar-refractivity contribution in [1.29, 1.82) is 0 Å². The molecule has 28 heavy (non-hydrogen) atoms. The van der Waals surface area contributed by atoms with Gasteiger partial charge in [0.1, 0.15) is 5.76 Å². The summed E-state index contributed by atoms with van der Waals surface area (Å²) >= 11 is 0. The van der Waals surface area contributed by atoms with Crippen LogP contribution in [0.3, 0.4) is 0 Å². The van der Waals surface area contributed by atoms with Crippen LogP contribution in [0.2, 0.25) is 0 Å². The number of nitrogens with zero attached hydrogens (tertiary/aromatic N) is 3. The van der Waals surface area contributed by atoms with Crippen molar-refractivity contribution < 1.29 is 17.7 Å². The minimum absolute atomic E-state index is 0.124. The number of amides is 1. The molecule has 0 radical (unpaired) electrons. The quantitative estimate of drug-likeness (QED) is 0.784. The Kier molecular flexibility index (Phi) is 4.79. The van der Waals surface area contributed by atoms with Crippen LogP contribution in [-0.2, 0) is 21.4 Å². The van der Waals surface area contributed by atoms with E-state index >= 15 is 0 Å². The first-order chi connectivity index (χ1) is 13.3. The fourth-order valence-corrected chi connectivity index (χ4v) is 5.88. The highest BCUT2D eigenvalue weighted by Gasteiger charge is 2.48. The third kappa shape index (κ3) is 3.14. The molecule has 4 rings (SSSR count). The van der Waals surface area contributed by atoms with E-state index in [4.69, 9.17) is 4.52 Å². The average Bonchev–Trinajstić information content (AvgIpc) is 3.18. The van der Waals surface area contributed by atoms with E-state index in [1.54, 1.807) is 34.6 Å². The number of benzene rings is 1. The lowest BCUT2D eigenvalue weighted by Crippen LogP contribution is -2.53. The minimum Gasteiger partial charge on any atom is -0.361 e. The van der Waals surface area contributed by atoms with Gasteiger partial charge in [-0.25, -0.2) is 8.42 Å². The van der Waals surface area contributed by atoms with E-state index in [0.29, 0.717) is 43.8 Å². The highest BCUT2D eigenvalue weighted by molar-refractivity contribution is 7.89. The molecule has 1 spiro atoms. The van der Waals surface area contributed by atoms with Crippen molar-refractivity contribution in [3.05, 3.63) is 47.3 Å². The number of likely N-dealkylation sites (tertiary alicyclic amines) is 1. The van der Waals surface area contributed by atoms with Crippen molar-refractivity contribution in [2.24, 2.45) is 0 Å². The highest BCUT2D eigenvalue weighted by atomic mass is 32.2. The second-order valence-corrected chi connectivity index (χ2v) is 9.66. The molecule has 8 heteroatoms. The summed E-state index contributed by atoms with van der Waals surface area (Å²) in [6, 6.07) is 8.53. The van der Waals surface area contributed by atoms with E-state index in [0.717, 1.165) is 23.4 Å². The van der Waals surface area contributed by atoms with Gasteiger partial charge in [-0.3, -0.25) is 4.79 Å². The number of aryl methyl sites for hydroxylation is 2. The number of hydrogen-bond donors (Lipinski definition) is 0. The monoisotopic (exact) mass is 403 g/mol. The summed E-state index contributed by atoms with van der Waals surface area (Å²) in [7, 11) is -3.50. The van der Waals surface area contributed by atoms with Gasteiger partial charge in [0.05, 0.1) is 17.1 Å². The largest absolute Gasteiger partial charge is 0.361 e. The third-order valence-corrected chi connectivity index (χ3v) is 8.12. The number of carbonyl (C=O) groups is 1. The SMILES string of the molecule is Cc1noc(C)c1CN1C(=O)CCC12CCN(S(=O)(=O)c1ccccc1)CC2. The van der Waals surface area contributed by atoms with Crippen molar-refractivity contribution in [3.63, 3.8) is 0 Å². The lowest BCUT2D eigenvalue weighted by Gasteiger charge is -2.44. The molecule has 1 amide bonds. The Bertz CT molecular complexity index is 957. The number of hydrogen-bond acceptors (Lipinski definition) is 5. The molecule has 0 saturated carbocycles. The fraction of sp³-hybridized carbons (Fsp3) is 0.500. The third-order valence-electron chi connectivity index (χ3n) is 6.21. The second-order valence-electron chi connectivity index (χ2n) is 7.72. The van der Waals surface area contributed by atoms with E-state index in [2.05, 4.69) is 5.16 Å². The van der Waals surface area contributed by atoms with Crippen LogP contribution in [0.1, 0.15) is 42.7 Å². The molecule has 1 aromatic carbocycles. The van der Waals surface area contributed by atoms with Crippen LogP contribution >= 0.6 is 0 Å². The van der Waals surface area contributed by atoms with Crippen molar-refractivity contribution in [2.45, 2.75) is 56.5 Å². The topological polar surface area (TPSA) is 83.7 Å². The molecule has 0 N–H and O–H groups in total. The molecular formula is C20H25N3O4S. The Morgan fingerprint density at radius 2 is 1.79 bits per heavy atom. The first kappa shape index (κ1) is 19.1. The smallest absolute Gasteiger partial charge is 0.243 e. The molecule has 7 nitrogen and oxygen atoms in total. The van der Waals surface area contributed by atoms with Gasteiger partial charge < -0.3 is 9.42 Å². The summed E-state index contributed by atoms with van der Waals surface area (Å²) < 4.78 is 32.6. The summed E-state index contributed by atoms with van der Waals surface area (Å²) in [5.41, 5.74) is 1.47. The van der Waals surface area contributed by atoms with E-state index in [9.17, 15) is 13.2 Å². The lowest BCUT2D eigenvalue weighted by molar-refractivity contribution is -0.133. The zero-order chi connectivity index (χ0) is 19.9. The maximum atomic E-state index is 12.9. The van der Waals surface area contributed by atoms with Gasteiger partial charge in [0.15, 0.2) is 0 Å². The summed E-state index contributed by atoms with van der Waals surface area (Å²) in [6.45, 7) is 5.06. The number of aromatic nitrogens is 1. The minimum atomic E-state index is -3.50. The van der Waals surface area contributed by atoms with Crippen LogP contribution < -0.4 is 0 Å². The van der Waals surface area contributed by atoms with Crippen molar-refractivity contribution in [1.82, 2.24) is 14.4 Å². The first-order valence-electron chi connectivity index (χ1n) is 9.61. The summed E-state index contributed by atoms with van der Waals surface area (Å²) in [5.74, 6) is 0.857.